The van der Waals surface area contributed by atoms with E-state index in [9.17, 15) is 0 Å². The van der Waals surface area contributed by atoms with Gasteiger partial charge in [0.05, 0.1) is 0 Å². The van der Waals surface area contributed by atoms with Gasteiger partial charge in [0, 0.05) is 23.3 Å². The van der Waals surface area contributed by atoms with Crippen LogP contribution in [0.2, 0.25) is 0 Å². The number of aromatic nitrogens is 1. The molecule has 0 unspecified atom stereocenters. The van der Waals surface area contributed by atoms with Crippen LogP contribution >= 0.6 is 0 Å². The number of rotatable bonds is 2. The number of nitrogens with zero attached hydrogens (tertiary/aromatic N) is 1. The number of pyridine rings is 1. The Morgan fingerprint density at radius 2 is 2.17 bits per heavy atom. The maximum atomic E-state index is 9.00. The molecule has 1 aromatic rings. The van der Waals surface area contributed by atoms with Crippen LogP contribution in [0, 0.1) is 0 Å². The van der Waals surface area contributed by atoms with Crippen LogP contribution < -0.4 is 5.46 Å². The maximum absolute atomic E-state index is 9.00. The first-order valence-electron chi connectivity index (χ1n) is 4.10. The first kappa shape index (κ1) is 7.77. The lowest BCUT2D eigenvalue weighted by atomic mass is 9.78. The highest BCUT2D eigenvalue weighted by Gasteiger charge is 2.30. The van der Waals surface area contributed by atoms with Gasteiger partial charge in [0.25, 0.3) is 0 Å². The van der Waals surface area contributed by atoms with Crippen LogP contribution in [-0.4, -0.2) is 22.2 Å². The van der Waals surface area contributed by atoms with Gasteiger partial charge in [-0.3, -0.25) is 4.98 Å². The molecule has 1 aliphatic carbocycles. The third-order valence-corrected chi connectivity index (χ3v) is 2.11. The average molecular weight is 163 g/mol. The first-order valence-corrected chi connectivity index (χ1v) is 4.10. The Hall–Kier alpha value is -0.865. The standard InChI is InChI=1S/C8H10BNO2/c11-9(12)7-2-1-5-10-8(7)6-3-4-6/h1-2,5-6,11-12H,3-4H2. The summed E-state index contributed by atoms with van der Waals surface area (Å²) in [6.07, 6.45) is 3.94. The number of hydrogen-bond acceptors (Lipinski definition) is 3. The molecule has 2 rings (SSSR count). The van der Waals surface area contributed by atoms with Crippen molar-refractivity contribution < 1.29 is 10.0 Å². The van der Waals surface area contributed by atoms with E-state index in [1.807, 2.05) is 0 Å². The van der Waals surface area contributed by atoms with Gasteiger partial charge in [0.15, 0.2) is 0 Å². The van der Waals surface area contributed by atoms with E-state index in [-0.39, 0.29) is 0 Å². The largest absolute Gasteiger partial charge is 0.490 e. The second-order valence-corrected chi connectivity index (χ2v) is 3.13. The van der Waals surface area contributed by atoms with E-state index in [0.29, 0.717) is 11.4 Å². The van der Waals surface area contributed by atoms with Crippen molar-refractivity contribution in [2.24, 2.45) is 0 Å². The minimum atomic E-state index is -1.38. The molecule has 2 N–H and O–H groups in total. The highest BCUT2D eigenvalue weighted by atomic mass is 16.4. The van der Waals surface area contributed by atoms with E-state index in [1.54, 1.807) is 18.3 Å². The van der Waals surface area contributed by atoms with E-state index in [1.165, 1.54) is 0 Å². The fourth-order valence-corrected chi connectivity index (χ4v) is 1.35. The molecule has 0 saturated heterocycles. The summed E-state index contributed by atoms with van der Waals surface area (Å²) in [5, 5.41) is 18.0. The molecule has 0 atom stereocenters. The van der Waals surface area contributed by atoms with Crippen LogP contribution in [0.3, 0.4) is 0 Å². The molecule has 1 fully saturated rings. The normalized spacial score (nSPS) is 16.2. The Bertz CT molecular complexity index is 265. The van der Waals surface area contributed by atoms with Gasteiger partial charge in [-0.05, 0) is 18.9 Å². The zero-order valence-electron chi connectivity index (χ0n) is 6.64. The number of hydrogen-bond donors (Lipinski definition) is 2. The molecule has 62 valence electrons. The van der Waals surface area contributed by atoms with Crippen LogP contribution in [0.25, 0.3) is 0 Å². The molecule has 0 aromatic carbocycles. The lowest BCUT2D eigenvalue weighted by Gasteiger charge is -2.04. The van der Waals surface area contributed by atoms with Crippen molar-refractivity contribution in [2.45, 2.75) is 18.8 Å². The molecule has 12 heavy (non-hydrogen) atoms. The molecule has 4 heteroatoms. The molecule has 1 aromatic heterocycles. The van der Waals surface area contributed by atoms with Crippen molar-refractivity contribution in [1.82, 2.24) is 4.98 Å². The van der Waals surface area contributed by atoms with Crippen LogP contribution in [0.4, 0.5) is 0 Å². The van der Waals surface area contributed by atoms with E-state index < -0.39 is 7.12 Å². The quantitative estimate of drug-likeness (QED) is 0.585. The third-order valence-electron chi connectivity index (χ3n) is 2.11. The molecule has 1 heterocycles. The second-order valence-electron chi connectivity index (χ2n) is 3.13. The Morgan fingerprint density at radius 1 is 1.42 bits per heavy atom. The Kier molecular flexibility index (Phi) is 1.86. The SMILES string of the molecule is OB(O)c1cccnc1C1CC1. The molecule has 0 bridgehead atoms. The van der Waals surface area contributed by atoms with E-state index in [2.05, 4.69) is 4.98 Å². The average Bonchev–Trinajstić information content (AvgIpc) is 2.87. The van der Waals surface area contributed by atoms with Gasteiger partial charge in [-0.1, -0.05) is 6.07 Å². The summed E-state index contributed by atoms with van der Waals surface area (Å²) < 4.78 is 0. The van der Waals surface area contributed by atoms with E-state index in [0.717, 1.165) is 18.5 Å². The van der Waals surface area contributed by atoms with Gasteiger partial charge in [0.1, 0.15) is 0 Å². The smallest absolute Gasteiger partial charge is 0.423 e. The Labute approximate surface area is 71.2 Å². The van der Waals surface area contributed by atoms with Crippen molar-refractivity contribution >= 4 is 12.6 Å². The summed E-state index contributed by atoms with van der Waals surface area (Å²) in [6.45, 7) is 0. The molecule has 1 saturated carbocycles. The monoisotopic (exact) mass is 163 g/mol. The lowest BCUT2D eigenvalue weighted by molar-refractivity contribution is 0.425. The van der Waals surface area contributed by atoms with Crippen LogP contribution in [0.15, 0.2) is 18.3 Å². The van der Waals surface area contributed by atoms with Gasteiger partial charge < -0.3 is 10.0 Å². The van der Waals surface area contributed by atoms with Gasteiger partial charge in [-0.15, -0.1) is 0 Å². The summed E-state index contributed by atoms with van der Waals surface area (Å²) in [5.74, 6) is 0.461. The van der Waals surface area contributed by atoms with Gasteiger partial charge in [0.2, 0.25) is 0 Å². The fraction of sp³-hybridized carbons (Fsp3) is 0.375. The summed E-state index contributed by atoms with van der Waals surface area (Å²) in [7, 11) is -1.38. The van der Waals surface area contributed by atoms with Crippen molar-refractivity contribution in [3.05, 3.63) is 24.0 Å². The van der Waals surface area contributed by atoms with Crippen molar-refractivity contribution in [1.29, 1.82) is 0 Å². The zero-order chi connectivity index (χ0) is 8.55. The van der Waals surface area contributed by atoms with E-state index in [4.69, 9.17) is 10.0 Å². The van der Waals surface area contributed by atoms with Crippen LogP contribution in [0.5, 0.6) is 0 Å². The van der Waals surface area contributed by atoms with Crippen LogP contribution in [-0.2, 0) is 0 Å². The molecule has 3 nitrogen and oxygen atoms in total. The molecular formula is C8H10BNO2. The molecule has 0 aliphatic heterocycles. The summed E-state index contributed by atoms with van der Waals surface area (Å²) in [5.41, 5.74) is 1.41. The highest BCUT2D eigenvalue weighted by molar-refractivity contribution is 6.59. The van der Waals surface area contributed by atoms with Gasteiger partial charge in [-0.2, -0.15) is 0 Å². The van der Waals surface area contributed by atoms with Crippen LogP contribution in [0.1, 0.15) is 24.5 Å². The van der Waals surface area contributed by atoms with E-state index >= 15 is 0 Å². The highest BCUT2D eigenvalue weighted by Crippen LogP contribution is 2.37. The Morgan fingerprint density at radius 3 is 2.75 bits per heavy atom. The Balaban J connectivity index is 2.36. The molecule has 0 spiro atoms. The molecular weight excluding hydrogens is 153 g/mol. The summed E-state index contributed by atoms with van der Waals surface area (Å²) in [4.78, 5) is 4.14. The second kappa shape index (κ2) is 2.88. The molecule has 0 amide bonds. The third kappa shape index (κ3) is 1.35. The van der Waals surface area contributed by atoms with Gasteiger partial charge in [-0.25, -0.2) is 0 Å². The lowest BCUT2D eigenvalue weighted by Crippen LogP contribution is -2.33. The minimum Gasteiger partial charge on any atom is -0.423 e. The topological polar surface area (TPSA) is 53.4 Å². The van der Waals surface area contributed by atoms with Gasteiger partial charge >= 0.3 is 7.12 Å². The predicted octanol–water partition coefficient (Wildman–Crippen LogP) is -0.361. The fourth-order valence-electron chi connectivity index (χ4n) is 1.35. The molecule has 1 aliphatic rings. The summed E-state index contributed by atoms with van der Waals surface area (Å²) in [6, 6.07) is 3.44. The van der Waals surface area contributed by atoms with Crippen molar-refractivity contribution in [3.8, 4) is 0 Å². The van der Waals surface area contributed by atoms with Crippen molar-refractivity contribution in [2.75, 3.05) is 0 Å². The first-order chi connectivity index (χ1) is 5.79. The minimum absolute atomic E-state index is 0.461. The summed E-state index contributed by atoms with van der Waals surface area (Å²) >= 11 is 0. The predicted molar refractivity (Wildman–Crippen MR) is 46.0 cm³/mol. The maximum Gasteiger partial charge on any atom is 0.490 e. The van der Waals surface area contributed by atoms with Crippen molar-refractivity contribution in [3.63, 3.8) is 0 Å². The molecule has 0 radical (unpaired) electrons. The zero-order valence-corrected chi connectivity index (χ0v) is 6.64.